The third-order valence-electron chi connectivity index (χ3n) is 5.17. The lowest BCUT2D eigenvalue weighted by atomic mass is 10.0. The second kappa shape index (κ2) is 10.5. The van der Waals surface area contributed by atoms with E-state index in [0.29, 0.717) is 36.8 Å². The average Bonchev–Trinajstić information content (AvgIpc) is 2.78. The summed E-state index contributed by atoms with van der Waals surface area (Å²) in [7, 11) is 1.56. The van der Waals surface area contributed by atoms with Crippen LogP contribution in [0.15, 0.2) is 48.5 Å². The van der Waals surface area contributed by atoms with Gasteiger partial charge in [0.1, 0.15) is 5.69 Å². The van der Waals surface area contributed by atoms with Crippen molar-refractivity contribution in [2.45, 2.75) is 32.2 Å². The van der Waals surface area contributed by atoms with Crippen LogP contribution in [0.25, 0.3) is 10.9 Å². The maximum absolute atomic E-state index is 12.9. The van der Waals surface area contributed by atoms with Crippen LogP contribution in [0.5, 0.6) is 0 Å². The van der Waals surface area contributed by atoms with Gasteiger partial charge in [0.15, 0.2) is 0 Å². The number of aryl methyl sites for hydroxylation is 2. The molecule has 3 aromatic rings. The minimum Gasteiger partial charge on any atom is -0.478 e. The van der Waals surface area contributed by atoms with Crippen molar-refractivity contribution in [3.8, 4) is 6.07 Å². The van der Waals surface area contributed by atoms with Crippen molar-refractivity contribution in [3.63, 3.8) is 0 Å². The van der Waals surface area contributed by atoms with E-state index in [0.717, 1.165) is 16.7 Å². The van der Waals surface area contributed by atoms with Crippen molar-refractivity contribution < 1.29 is 19.4 Å². The number of pyridine rings is 1. The molecule has 164 valence electrons. The molecule has 1 aromatic heterocycles. The van der Waals surface area contributed by atoms with Crippen LogP contribution in [0.2, 0.25) is 0 Å². The van der Waals surface area contributed by atoms with Crippen molar-refractivity contribution in [3.05, 3.63) is 76.5 Å². The number of fused-ring (bicyclic) bond motifs is 1. The molecule has 7 heteroatoms. The number of rotatable bonds is 9. The summed E-state index contributed by atoms with van der Waals surface area (Å²) in [6.07, 6.45) is 1.43. The third-order valence-corrected chi connectivity index (χ3v) is 5.17. The summed E-state index contributed by atoms with van der Waals surface area (Å²) < 4.78 is 5.26. The van der Waals surface area contributed by atoms with Crippen LogP contribution < -0.4 is 5.32 Å². The molecular formula is C25H25N3O4. The SMILES string of the molecule is COC[C@H](Cc1ccc(C)cc1)NC(=O)c1cc(C(=O)O)c2cc(CCC#N)ccc2n1. The summed E-state index contributed by atoms with van der Waals surface area (Å²) in [6.45, 7) is 2.32. The van der Waals surface area contributed by atoms with Gasteiger partial charge >= 0.3 is 5.97 Å². The number of aromatic nitrogens is 1. The topological polar surface area (TPSA) is 112 Å². The van der Waals surface area contributed by atoms with Gasteiger partial charge in [-0.1, -0.05) is 35.9 Å². The van der Waals surface area contributed by atoms with Gasteiger partial charge in [-0.3, -0.25) is 4.79 Å². The number of hydrogen-bond donors (Lipinski definition) is 2. The molecule has 1 amide bonds. The second-order valence-corrected chi connectivity index (χ2v) is 7.69. The van der Waals surface area contributed by atoms with E-state index in [2.05, 4.69) is 16.4 Å². The molecule has 0 unspecified atom stereocenters. The van der Waals surface area contributed by atoms with Crippen LogP contribution in [0, 0.1) is 18.3 Å². The van der Waals surface area contributed by atoms with E-state index in [1.807, 2.05) is 31.2 Å². The van der Waals surface area contributed by atoms with Crippen LogP contribution in [0.1, 0.15) is 44.0 Å². The van der Waals surface area contributed by atoms with Crippen molar-refractivity contribution in [1.82, 2.24) is 10.3 Å². The molecule has 3 rings (SSSR count). The fourth-order valence-electron chi connectivity index (χ4n) is 3.54. The Morgan fingerprint density at radius 3 is 2.53 bits per heavy atom. The van der Waals surface area contributed by atoms with E-state index in [9.17, 15) is 14.7 Å². The van der Waals surface area contributed by atoms with Crippen molar-refractivity contribution in [1.29, 1.82) is 5.26 Å². The lowest BCUT2D eigenvalue weighted by Crippen LogP contribution is -2.40. The normalized spacial score (nSPS) is 11.7. The summed E-state index contributed by atoms with van der Waals surface area (Å²) in [5, 5.41) is 21.8. The largest absolute Gasteiger partial charge is 0.478 e. The highest BCUT2D eigenvalue weighted by molar-refractivity contribution is 6.06. The molecule has 0 aliphatic rings. The number of methoxy groups -OCH3 is 1. The summed E-state index contributed by atoms with van der Waals surface area (Å²) in [4.78, 5) is 29.2. The summed E-state index contributed by atoms with van der Waals surface area (Å²) in [5.41, 5.74) is 3.50. The molecule has 0 fully saturated rings. The molecule has 0 spiro atoms. The first-order chi connectivity index (χ1) is 15.4. The fourth-order valence-corrected chi connectivity index (χ4v) is 3.54. The minimum atomic E-state index is -1.14. The summed E-state index contributed by atoms with van der Waals surface area (Å²) in [6, 6.07) is 16.3. The number of carboxylic acid groups (broad SMARTS) is 1. The highest BCUT2D eigenvalue weighted by Gasteiger charge is 2.19. The molecule has 0 aliphatic carbocycles. The van der Waals surface area contributed by atoms with Gasteiger partial charge in [0.2, 0.25) is 0 Å². The van der Waals surface area contributed by atoms with Crippen molar-refractivity contribution in [2.24, 2.45) is 0 Å². The lowest BCUT2D eigenvalue weighted by molar-refractivity contribution is 0.0699. The Balaban J connectivity index is 1.87. The lowest BCUT2D eigenvalue weighted by Gasteiger charge is -2.18. The van der Waals surface area contributed by atoms with Crippen molar-refractivity contribution in [2.75, 3.05) is 13.7 Å². The van der Waals surface area contributed by atoms with Crippen LogP contribution in [-0.4, -0.2) is 41.7 Å². The zero-order valence-corrected chi connectivity index (χ0v) is 18.1. The van der Waals surface area contributed by atoms with Gasteiger partial charge in [-0.25, -0.2) is 9.78 Å². The Labute approximate surface area is 186 Å². The molecular weight excluding hydrogens is 406 g/mol. The Bertz CT molecular complexity index is 1170. The molecule has 0 saturated carbocycles. The van der Waals surface area contributed by atoms with Crippen LogP contribution in [0.4, 0.5) is 0 Å². The first-order valence-electron chi connectivity index (χ1n) is 10.3. The van der Waals surface area contributed by atoms with E-state index >= 15 is 0 Å². The molecule has 2 aromatic carbocycles. The number of amides is 1. The van der Waals surface area contributed by atoms with E-state index in [1.54, 1.807) is 25.3 Å². The highest BCUT2D eigenvalue weighted by Crippen LogP contribution is 2.21. The number of carboxylic acids is 1. The number of benzene rings is 2. The van der Waals surface area contributed by atoms with Gasteiger partial charge in [-0.15, -0.1) is 0 Å². The molecule has 7 nitrogen and oxygen atoms in total. The Hall–Kier alpha value is -3.76. The number of carbonyl (C=O) groups excluding carboxylic acids is 1. The van der Waals surface area contributed by atoms with Gasteiger partial charge in [0.05, 0.1) is 29.8 Å². The average molecular weight is 431 g/mol. The van der Waals surface area contributed by atoms with E-state index in [4.69, 9.17) is 10.00 Å². The highest BCUT2D eigenvalue weighted by atomic mass is 16.5. The standard InChI is InChI=1S/C25H25N3O4/c1-16-5-7-18(8-6-16)12-19(15-32-2)27-24(29)23-14-21(25(30)31)20-13-17(4-3-11-26)9-10-22(20)28-23/h5-10,13-14,19H,3-4,12,15H2,1-2H3,(H,27,29)(H,30,31)/t19-/m0/s1. The van der Waals surface area contributed by atoms with E-state index < -0.39 is 11.9 Å². The zero-order chi connectivity index (χ0) is 23.1. The predicted octanol–water partition coefficient (Wildman–Crippen LogP) is 3.69. The Morgan fingerprint density at radius 2 is 1.88 bits per heavy atom. The first kappa shape index (κ1) is 22.9. The molecule has 1 atom stereocenters. The molecule has 0 aliphatic heterocycles. The fraction of sp³-hybridized carbons (Fsp3) is 0.280. The first-order valence-corrected chi connectivity index (χ1v) is 10.3. The predicted molar refractivity (Wildman–Crippen MR) is 121 cm³/mol. The van der Waals surface area contributed by atoms with Crippen molar-refractivity contribution >= 4 is 22.8 Å². The Kier molecular flexibility index (Phi) is 7.53. The summed E-state index contributed by atoms with van der Waals surface area (Å²) >= 11 is 0. The maximum Gasteiger partial charge on any atom is 0.336 e. The maximum atomic E-state index is 12.9. The van der Waals surface area contributed by atoms with Gasteiger partial charge in [-0.2, -0.15) is 5.26 Å². The number of hydrogen-bond acceptors (Lipinski definition) is 5. The quantitative estimate of drug-likeness (QED) is 0.534. The van der Waals surface area contributed by atoms with Gasteiger partial charge in [0, 0.05) is 18.9 Å². The number of nitriles is 1. The van der Waals surface area contributed by atoms with Crippen LogP contribution >= 0.6 is 0 Å². The molecule has 2 N–H and O–H groups in total. The van der Waals surface area contributed by atoms with Gasteiger partial charge in [0.25, 0.3) is 5.91 Å². The monoisotopic (exact) mass is 431 g/mol. The molecule has 0 bridgehead atoms. The number of ether oxygens (including phenoxy) is 1. The molecule has 0 saturated heterocycles. The number of nitrogens with one attached hydrogen (secondary N) is 1. The van der Waals surface area contributed by atoms with Crippen LogP contribution in [0.3, 0.4) is 0 Å². The molecule has 1 heterocycles. The van der Waals surface area contributed by atoms with Gasteiger partial charge < -0.3 is 15.2 Å². The molecule has 32 heavy (non-hydrogen) atoms. The smallest absolute Gasteiger partial charge is 0.336 e. The molecule has 0 radical (unpaired) electrons. The number of nitrogens with zero attached hydrogens (tertiary/aromatic N) is 2. The summed E-state index contributed by atoms with van der Waals surface area (Å²) in [5.74, 6) is -1.60. The number of aromatic carboxylic acids is 1. The van der Waals surface area contributed by atoms with Gasteiger partial charge in [-0.05, 0) is 49.1 Å². The number of carbonyl (C=O) groups is 2. The van der Waals surface area contributed by atoms with E-state index in [1.165, 1.54) is 6.07 Å². The third kappa shape index (κ3) is 5.68. The minimum absolute atomic E-state index is 0.000726. The Morgan fingerprint density at radius 1 is 1.16 bits per heavy atom. The van der Waals surface area contributed by atoms with Crippen LogP contribution in [-0.2, 0) is 17.6 Å². The van der Waals surface area contributed by atoms with E-state index in [-0.39, 0.29) is 17.3 Å². The second-order valence-electron chi connectivity index (χ2n) is 7.69. The zero-order valence-electron chi connectivity index (χ0n) is 18.1.